The van der Waals surface area contributed by atoms with Gasteiger partial charge in [-0.3, -0.25) is 0 Å². The molecule has 0 aliphatic rings. The molecule has 0 atom stereocenters. The summed E-state index contributed by atoms with van der Waals surface area (Å²) < 4.78 is 30.3. The van der Waals surface area contributed by atoms with Crippen LogP contribution in [-0.4, -0.2) is 6.61 Å². The summed E-state index contributed by atoms with van der Waals surface area (Å²) in [6.45, 7) is 2.28. The predicted octanol–water partition coefficient (Wildman–Crippen LogP) is 3.79. The molecular weight excluding hydrogens is 242 g/mol. The maximum absolute atomic E-state index is 12.3. The molecule has 0 fully saturated rings. The second kappa shape index (κ2) is 4.56. The highest BCUT2D eigenvalue weighted by molar-refractivity contribution is 9.10. The molecule has 13 heavy (non-hydrogen) atoms. The van der Waals surface area contributed by atoms with Gasteiger partial charge in [-0.15, -0.1) is 0 Å². The minimum absolute atomic E-state index is 0.0298. The van der Waals surface area contributed by atoms with E-state index >= 15 is 0 Å². The molecule has 0 N–H and O–H groups in total. The van der Waals surface area contributed by atoms with Gasteiger partial charge < -0.3 is 4.74 Å². The monoisotopic (exact) mass is 250 g/mol. The van der Waals surface area contributed by atoms with Crippen molar-refractivity contribution in [1.82, 2.24) is 0 Å². The van der Waals surface area contributed by atoms with E-state index in [9.17, 15) is 8.78 Å². The van der Waals surface area contributed by atoms with Gasteiger partial charge in [-0.05, 0) is 25.1 Å². The average molecular weight is 251 g/mol. The number of benzene rings is 1. The summed E-state index contributed by atoms with van der Waals surface area (Å²) >= 11 is 3.14. The zero-order valence-corrected chi connectivity index (χ0v) is 8.64. The van der Waals surface area contributed by atoms with Gasteiger partial charge in [-0.25, -0.2) is 8.78 Å². The molecule has 0 aliphatic carbocycles. The predicted molar refractivity (Wildman–Crippen MR) is 50.3 cm³/mol. The maximum Gasteiger partial charge on any atom is 0.264 e. The van der Waals surface area contributed by atoms with Gasteiger partial charge in [0, 0.05) is 10.0 Å². The molecule has 0 bridgehead atoms. The zero-order chi connectivity index (χ0) is 9.84. The maximum atomic E-state index is 12.3. The van der Waals surface area contributed by atoms with Crippen LogP contribution < -0.4 is 4.74 Å². The van der Waals surface area contributed by atoms with E-state index in [0.717, 1.165) is 0 Å². The van der Waals surface area contributed by atoms with Crippen LogP contribution in [0.15, 0.2) is 22.7 Å². The van der Waals surface area contributed by atoms with Crippen LogP contribution in [0.5, 0.6) is 5.75 Å². The van der Waals surface area contributed by atoms with Crippen molar-refractivity contribution >= 4 is 15.9 Å². The summed E-state index contributed by atoms with van der Waals surface area (Å²) in [7, 11) is 0. The number of hydrogen-bond donors (Lipinski definition) is 0. The van der Waals surface area contributed by atoms with Crippen molar-refractivity contribution in [2.45, 2.75) is 13.3 Å². The summed E-state index contributed by atoms with van der Waals surface area (Å²) in [6, 6.07) is 4.39. The summed E-state index contributed by atoms with van der Waals surface area (Å²) in [5.41, 5.74) is -0.0298. The lowest BCUT2D eigenvalue weighted by Crippen LogP contribution is -1.93. The highest BCUT2D eigenvalue weighted by atomic mass is 79.9. The molecule has 0 unspecified atom stereocenters. The molecule has 0 saturated heterocycles. The van der Waals surface area contributed by atoms with Crippen LogP contribution in [0.1, 0.15) is 18.9 Å². The Kier molecular flexibility index (Phi) is 3.66. The minimum Gasteiger partial charge on any atom is -0.494 e. The third-order valence-corrected chi connectivity index (χ3v) is 1.91. The van der Waals surface area contributed by atoms with Crippen molar-refractivity contribution in [3.63, 3.8) is 0 Å². The fourth-order valence-corrected chi connectivity index (χ4v) is 1.45. The Balaban J connectivity index is 2.96. The lowest BCUT2D eigenvalue weighted by Gasteiger charge is -2.06. The van der Waals surface area contributed by atoms with Crippen LogP contribution in [0.3, 0.4) is 0 Å². The van der Waals surface area contributed by atoms with Crippen LogP contribution >= 0.6 is 15.9 Å². The lowest BCUT2D eigenvalue weighted by atomic mass is 10.2. The van der Waals surface area contributed by atoms with Gasteiger partial charge in [-0.2, -0.15) is 0 Å². The number of halogens is 3. The molecule has 0 spiro atoms. The first-order chi connectivity index (χ1) is 6.13. The van der Waals surface area contributed by atoms with E-state index in [2.05, 4.69) is 15.9 Å². The Bertz CT molecular complexity index is 289. The van der Waals surface area contributed by atoms with Crippen molar-refractivity contribution < 1.29 is 13.5 Å². The lowest BCUT2D eigenvalue weighted by molar-refractivity contribution is 0.151. The van der Waals surface area contributed by atoms with Crippen molar-refractivity contribution in [2.75, 3.05) is 6.61 Å². The molecule has 1 aromatic carbocycles. The van der Waals surface area contributed by atoms with E-state index in [1.165, 1.54) is 12.1 Å². The first-order valence-corrected chi connectivity index (χ1v) is 4.64. The number of ether oxygens (including phenoxy) is 1. The van der Waals surface area contributed by atoms with Crippen LogP contribution in [0.25, 0.3) is 0 Å². The molecule has 0 aliphatic heterocycles. The first-order valence-electron chi connectivity index (χ1n) is 3.85. The van der Waals surface area contributed by atoms with Crippen LogP contribution in [0.2, 0.25) is 0 Å². The Hall–Kier alpha value is -0.640. The normalized spacial score (nSPS) is 10.5. The molecule has 4 heteroatoms. The highest BCUT2D eigenvalue weighted by Gasteiger charge is 2.09. The molecule has 1 aromatic rings. The molecule has 0 heterocycles. The van der Waals surface area contributed by atoms with E-state index in [4.69, 9.17) is 4.74 Å². The third-order valence-electron chi connectivity index (χ3n) is 1.46. The van der Waals surface area contributed by atoms with Crippen molar-refractivity contribution in [3.8, 4) is 5.75 Å². The largest absolute Gasteiger partial charge is 0.494 e. The van der Waals surface area contributed by atoms with Gasteiger partial charge in [0.15, 0.2) is 0 Å². The van der Waals surface area contributed by atoms with Gasteiger partial charge in [0.05, 0.1) is 6.61 Å². The molecular formula is C9H9BrF2O. The number of hydrogen-bond acceptors (Lipinski definition) is 1. The second-order valence-electron chi connectivity index (χ2n) is 2.45. The van der Waals surface area contributed by atoms with Gasteiger partial charge in [0.1, 0.15) is 5.75 Å². The van der Waals surface area contributed by atoms with E-state index in [0.29, 0.717) is 16.8 Å². The van der Waals surface area contributed by atoms with Gasteiger partial charge in [0.2, 0.25) is 0 Å². The van der Waals surface area contributed by atoms with Crippen molar-refractivity contribution in [2.24, 2.45) is 0 Å². The van der Waals surface area contributed by atoms with Crippen LogP contribution in [0, 0.1) is 0 Å². The Morgan fingerprint density at radius 3 is 2.62 bits per heavy atom. The zero-order valence-electron chi connectivity index (χ0n) is 7.06. The highest BCUT2D eigenvalue weighted by Crippen LogP contribution is 2.27. The van der Waals surface area contributed by atoms with Gasteiger partial charge >= 0.3 is 0 Å². The molecule has 1 nitrogen and oxygen atoms in total. The van der Waals surface area contributed by atoms with Gasteiger partial charge in [-0.1, -0.05) is 15.9 Å². The standard InChI is InChI=1S/C9H9BrF2O/c1-2-13-8-4-6(9(11)12)3-7(10)5-8/h3-5,9H,2H2,1H3. The quantitative estimate of drug-likeness (QED) is 0.794. The van der Waals surface area contributed by atoms with E-state index in [-0.39, 0.29) is 5.56 Å². The minimum atomic E-state index is -2.46. The van der Waals surface area contributed by atoms with E-state index in [1.54, 1.807) is 6.07 Å². The number of alkyl halides is 2. The summed E-state index contributed by atoms with van der Waals surface area (Å²) in [5, 5.41) is 0. The van der Waals surface area contributed by atoms with E-state index < -0.39 is 6.43 Å². The number of rotatable bonds is 3. The topological polar surface area (TPSA) is 9.23 Å². The van der Waals surface area contributed by atoms with Gasteiger partial charge in [0.25, 0.3) is 6.43 Å². The first kappa shape index (κ1) is 10.4. The molecule has 0 amide bonds. The van der Waals surface area contributed by atoms with E-state index in [1.807, 2.05) is 6.92 Å². The van der Waals surface area contributed by atoms with Crippen LogP contribution in [-0.2, 0) is 0 Å². The third kappa shape index (κ3) is 2.95. The smallest absolute Gasteiger partial charge is 0.264 e. The SMILES string of the molecule is CCOc1cc(Br)cc(C(F)F)c1. The molecule has 0 radical (unpaired) electrons. The van der Waals surface area contributed by atoms with Crippen molar-refractivity contribution in [1.29, 1.82) is 0 Å². The summed E-state index contributed by atoms with van der Waals surface area (Å²) in [5.74, 6) is 0.465. The summed E-state index contributed by atoms with van der Waals surface area (Å²) in [4.78, 5) is 0. The fourth-order valence-electron chi connectivity index (χ4n) is 0.960. The Morgan fingerprint density at radius 1 is 1.38 bits per heavy atom. The molecule has 0 aromatic heterocycles. The Labute approximate surface area is 83.8 Å². The average Bonchev–Trinajstić information content (AvgIpc) is 2.03. The molecule has 1 rings (SSSR count). The fraction of sp³-hybridized carbons (Fsp3) is 0.333. The molecule has 72 valence electrons. The van der Waals surface area contributed by atoms with Crippen LogP contribution in [0.4, 0.5) is 8.78 Å². The molecule has 0 saturated carbocycles. The summed E-state index contributed by atoms with van der Waals surface area (Å²) in [6.07, 6.45) is -2.46. The van der Waals surface area contributed by atoms with Crippen molar-refractivity contribution in [3.05, 3.63) is 28.2 Å². The Morgan fingerprint density at radius 2 is 2.08 bits per heavy atom. The second-order valence-corrected chi connectivity index (χ2v) is 3.37.